The molecule has 1 aliphatic heterocycles. The SMILES string of the molecule is CC(C)(C)OC(=O)N1CCCC(c2ccc(Cl)cc2)C1. The number of hydrogen-bond acceptors (Lipinski definition) is 2. The molecule has 0 N–H and O–H groups in total. The minimum absolute atomic E-state index is 0.212. The predicted octanol–water partition coefficient (Wildman–Crippen LogP) is 4.45. The van der Waals surface area contributed by atoms with Gasteiger partial charge < -0.3 is 9.64 Å². The van der Waals surface area contributed by atoms with Crippen LogP contribution in [0.3, 0.4) is 0 Å². The van der Waals surface area contributed by atoms with Gasteiger partial charge in [-0.15, -0.1) is 0 Å². The Kier molecular flexibility index (Phi) is 4.59. The van der Waals surface area contributed by atoms with Crippen LogP contribution in [0.25, 0.3) is 0 Å². The van der Waals surface area contributed by atoms with E-state index in [1.54, 1.807) is 0 Å². The Morgan fingerprint density at radius 3 is 2.55 bits per heavy atom. The molecule has 1 heterocycles. The van der Waals surface area contributed by atoms with E-state index in [1.165, 1.54) is 5.56 Å². The summed E-state index contributed by atoms with van der Waals surface area (Å²) in [7, 11) is 0. The van der Waals surface area contributed by atoms with E-state index < -0.39 is 5.60 Å². The molecule has 1 amide bonds. The summed E-state index contributed by atoms with van der Waals surface area (Å²) in [6.07, 6.45) is 1.89. The molecular weight excluding hydrogens is 274 g/mol. The van der Waals surface area contributed by atoms with Crippen LogP contribution in [0.5, 0.6) is 0 Å². The molecule has 110 valence electrons. The van der Waals surface area contributed by atoms with Crippen LogP contribution in [0.4, 0.5) is 4.79 Å². The molecule has 1 aromatic rings. The van der Waals surface area contributed by atoms with Crippen molar-refractivity contribution in [1.29, 1.82) is 0 Å². The number of ether oxygens (including phenoxy) is 1. The van der Waals surface area contributed by atoms with Crippen molar-refractivity contribution in [2.45, 2.75) is 45.1 Å². The molecule has 1 unspecified atom stereocenters. The zero-order valence-corrected chi connectivity index (χ0v) is 13.1. The lowest BCUT2D eigenvalue weighted by Gasteiger charge is -2.34. The highest BCUT2D eigenvalue weighted by Crippen LogP contribution is 2.28. The molecule has 0 aromatic heterocycles. The monoisotopic (exact) mass is 295 g/mol. The molecule has 2 rings (SSSR count). The molecule has 0 spiro atoms. The van der Waals surface area contributed by atoms with Gasteiger partial charge in [-0.3, -0.25) is 0 Å². The van der Waals surface area contributed by atoms with Crippen LogP contribution >= 0.6 is 11.6 Å². The Hall–Kier alpha value is -1.22. The Morgan fingerprint density at radius 1 is 1.30 bits per heavy atom. The van der Waals surface area contributed by atoms with E-state index in [1.807, 2.05) is 49.9 Å². The fourth-order valence-corrected chi connectivity index (χ4v) is 2.60. The summed E-state index contributed by atoms with van der Waals surface area (Å²) in [5, 5.41) is 0.744. The van der Waals surface area contributed by atoms with Crippen molar-refractivity contribution in [2.75, 3.05) is 13.1 Å². The first-order chi connectivity index (χ1) is 9.35. The van der Waals surface area contributed by atoms with E-state index in [9.17, 15) is 4.79 Å². The normalized spacial score (nSPS) is 19.8. The van der Waals surface area contributed by atoms with Gasteiger partial charge in [-0.1, -0.05) is 23.7 Å². The van der Waals surface area contributed by atoms with Gasteiger partial charge in [-0.05, 0) is 51.3 Å². The topological polar surface area (TPSA) is 29.5 Å². The van der Waals surface area contributed by atoms with E-state index in [0.717, 1.165) is 31.0 Å². The molecule has 20 heavy (non-hydrogen) atoms. The zero-order chi connectivity index (χ0) is 14.8. The highest BCUT2D eigenvalue weighted by molar-refractivity contribution is 6.30. The largest absolute Gasteiger partial charge is 0.444 e. The van der Waals surface area contributed by atoms with Crippen LogP contribution in [0.15, 0.2) is 24.3 Å². The quantitative estimate of drug-likeness (QED) is 0.766. The molecule has 1 saturated heterocycles. The number of benzene rings is 1. The fourth-order valence-electron chi connectivity index (χ4n) is 2.48. The van der Waals surface area contributed by atoms with Crippen molar-refractivity contribution in [3.63, 3.8) is 0 Å². The zero-order valence-electron chi connectivity index (χ0n) is 12.4. The number of piperidine rings is 1. The third kappa shape index (κ3) is 4.14. The van der Waals surface area contributed by atoms with Crippen molar-refractivity contribution < 1.29 is 9.53 Å². The van der Waals surface area contributed by atoms with Gasteiger partial charge in [0.1, 0.15) is 5.60 Å². The van der Waals surface area contributed by atoms with Gasteiger partial charge in [0.05, 0.1) is 0 Å². The van der Waals surface area contributed by atoms with Crippen LogP contribution in [0.1, 0.15) is 45.1 Å². The summed E-state index contributed by atoms with van der Waals surface area (Å²) >= 11 is 5.92. The van der Waals surface area contributed by atoms with Crippen LogP contribution in [0, 0.1) is 0 Å². The van der Waals surface area contributed by atoms with Gasteiger partial charge in [0.25, 0.3) is 0 Å². The smallest absolute Gasteiger partial charge is 0.410 e. The number of amides is 1. The maximum atomic E-state index is 12.1. The maximum Gasteiger partial charge on any atom is 0.410 e. The molecule has 0 saturated carbocycles. The van der Waals surface area contributed by atoms with Gasteiger partial charge in [0.2, 0.25) is 0 Å². The van der Waals surface area contributed by atoms with Crippen LogP contribution in [-0.2, 0) is 4.74 Å². The predicted molar refractivity (Wildman–Crippen MR) is 81.2 cm³/mol. The van der Waals surface area contributed by atoms with Gasteiger partial charge in [-0.25, -0.2) is 4.79 Å². The Balaban J connectivity index is 2.01. The lowest BCUT2D eigenvalue weighted by Crippen LogP contribution is -2.42. The van der Waals surface area contributed by atoms with Crippen molar-refractivity contribution in [3.8, 4) is 0 Å². The maximum absolute atomic E-state index is 12.1. The third-order valence-corrected chi connectivity index (χ3v) is 3.67. The highest BCUT2D eigenvalue weighted by Gasteiger charge is 2.28. The van der Waals surface area contributed by atoms with Gasteiger partial charge in [-0.2, -0.15) is 0 Å². The van der Waals surface area contributed by atoms with Gasteiger partial charge in [0.15, 0.2) is 0 Å². The second-order valence-corrected chi connectivity index (χ2v) is 6.75. The molecule has 3 nitrogen and oxygen atoms in total. The number of halogens is 1. The van der Waals surface area contributed by atoms with Crippen LogP contribution < -0.4 is 0 Å². The van der Waals surface area contributed by atoms with E-state index in [2.05, 4.69) is 0 Å². The minimum atomic E-state index is -0.440. The Morgan fingerprint density at radius 2 is 1.95 bits per heavy atom. The standard InChI is InChI=1S/C16H22ClNO2/c1-16(2,3)20-15(19)18-10-4-5-13(11-18)12-6-8-14(17)9-7-12/h6-9,13H,4-5,10-11H2,1-3H3. The van der Waals surface area contributed by atoms with E-state index in [0.29, 0.717) is 5.92 Å². The van der Waals surface area contributed by atoms with Gasteiger partial charge >= 0.3 is 6.09 Å². The number of likely N-dealkylation sites (tertiary alicyclic amines) is 1. The first kappa shape index (κ1) is 15.2. The van der Waals surface area contributed by atoms with E-state index in [-0.39, 0.29) is 6.09 Å². The lowest BCUT2D eigenvalue weighted by atomic mass is 9.91. The molecule has 0 aliphatic carbocycles. The molecule has 4 heteroatoms. The summed E-state index contributed by atoms with van der Waals surface area (Å²) in [6.45, 7) is 7.18. The summed E-state index contributed by atoms with van der Waals surface area (Å²) in [5.41, 5.74) is 0.798. The Labute approximate surface area is 125 Å². The number of hydrogen-bond donors (Lipinski definition) is 0. The summed E-state index contributed by atoms with van der Waals surface area (Å²) in [4.78, 5) is 13.9. The first-order valence-corrected chi connectivity index (χ1v) is 7.46. The number of nitrogens with zero attached hydrogens (tertiary/aromatic N) is 1. The van der Waals surface area contributed by atoms with Gasteiger partial charge in [0, 0.05) is 24.0 Å². The number of rotatable bonds is 1. The second kappa shape index (κ2) is 6.04. The lowest BCUT2D eigenvalue weighted by molar-refractivity contribution is 0.0198. The van der Waals surface area contributed by atoms with E-state index in [4.69, 9.17) is 16.3 Å². The molecule has 1 fully saturated rings. The summed E-state index contributed by atoms with van der Waals surface area (Å²) < 4.78 is 5.45. The molecule has 0 bridgehead atoms. The van der Waals surface area contributed by atoms with Crippen molar-refractivity contribution >= 4 is 17.7 Å². The fraction of sp³-hybridized carbons (Fsp3) is 0.562. The van der Waals surface area contributed by atoms with E-state index >= 15 is 0 Å². The second-order valence-electron chi connectivity index (χ2n) is 6.32. The molecular formula is C16H22ClNO2. The highest BCUT2D eigenvalue weighted by atomic mass is 35.5. The van der Waals surface area contributed by atoms with Crippen molar-refractivity contribution in [2.24, 2.45) is 0 Å². The van der Waals surface area contributed by atoms with Crippen molar-refractivity contribution in [1.82, 2.24) is 4.90 Å². The molecule has 1 aromatic carbocycles. The molecule has 1 aliphatic rings. The minimum Gasteiger partial charge on any atom is -0.444 e. The average molecular weight is 296 g/mol. The van der Waals surface area contributed by atoms with Crippen molar-refractivity contribution in [3.05, 3.63) is 34.9 Å². The summed E-state index contributed by atoms with van der Waals surface area (Å²) in [5.74, 6) is 0.369. The number of carbonyl (C=O) groups is 1. The third-order valence-electron chi connectivity index (χ3n) is 3.41. The first-order valence-electron chi connectivity index (χ1n) is 7.08. The van der Waals surface area contributed by atoms with Crippen LogP contribution in [0.2, 0.25) is 5.02 Å². The average Bonchev–Trinajstić information content (AvgIpc) is 2.38. The molecule has 0 radical (unpaired) electrons. The summed E-state index contributed by atoms with van der Waals surface area (Å²) in [6, 6.07) is 7.91. The molecule has 1 atom stereocenters. The number of carbonyl (C=O) groups excluding carboxylic acids is 1. The van der Waals surface area contributed by atoms with Crippen LogP contribution in [-0.4, -0.2) is 29.7 Å². The Bertz CT molecular complexity index is 464.